The minimum Gasteiger partial charge on any atom is -0.378 e. The van der Waals surface area contributed by atoms with Gasteiger partial charge in [0.1, 0.15) is 0 Å². The largest absolute Gasteiger partial charge is 0.378 e. The van der Waals surface area contributed by atoms with E-state index in [1.165, 1.54) is 38.5 Å². The molecule has 0 radical (unpaired) electrons. The van der Waals surface area contributed by atoms with E-state index in [9.17, 15) is 0 Å². The van der Waals surface area contributed by atoms with Crippen LogP contribution in [0.3, 0.4) is 0 Å². The fourth-order valence-electron chi connectivity index (χ4n) is 5.39. The van der Waals surface area contributed by atoms with Crippen LogP contribution in [0.1, 0.15) is 58.3 Å². The average Bonchev–Trinajstić information content (AvgIpc) is 3.29. The van der Waals surface area contributed by atoms with Crippen LogP contribution in [0, 0.1) is 5.41 Å². The van der Waals surface area contributed by atoms with Crippen molar-refractivity contribution in [1.29, 1.82) is 0 Å². The Balaban J connectivity index is 0.00000169. The van der Waals surface area contributed by atoms with Gasteiger partial charge in [-0.3, -0.25) is 4.99 Å². The molecule has 4 fully saturated rings. The quantitative estimate of drug-likeness (QED) is 0.394. The van der Waals surface area contributed by atoms with Gasteiger partial charge in [-0.25, -0.2) is 0 Å². The first-order valence-electron chi connectivity index (χ1n) is 9.52. The zero-order valence-electron chi connectivity index (χ0n) is 14.9. The van der Waals surface area contributed by atoms with Crippen molar-refractivity contribution in [1.82, 2.24) is 10.6 Å². The van der Waals surface area contributed by atoms with Gasteiger partial charge in [0.25, 0.3) is 0 Å². The number of ether oxygens (including phenoxy) is 2. The Bertz CT molecular complexity index is 467. The number of rotatable bonds is 4. The number of nitrogens with one attached hydrogen (secondary N) is 2. The minimum atomic E-state index is 0. The van der Waals surface area contributed by atoms with Gasteiger partial charge in [0, 0.05) is 25.1 Å². The molecule has 2 bridgehead atoms. The first kappa shape index (κ1) is 18.7. The highest BCUT2D eigenvalue weighted by molar-refractivity contribution is 14.0. The molecular formula is C18H32IN3O2. The lowest BCUT2D eigenvalue weighted by atomic mass is 9.60. The molecule has 24 heavy (non-hydrogen) atoms. The molecule has 6 heteroatoms. The third-order valence-corrected chi connectivity index (χ3v) is 6.65. The van der Waals surface area contributed by atoms with Gasteiger partial charge in [0.05, 0.1) is 24.4 Å². The summed E-state index contributed by atoms with van der Waals surface area (Å²) in [6.07, 6.45) is 11.2. The number of aliphatic imine (C=N–C) groups is 1. The molecule has 2 aliphatic carbocycles. The highest BCUT2D eigenvalue weighted by Crippen LogP contribution is 2.54. The van der Waals surface area contributed by atoms with Crippen LogP contribution >= 0.6 is 24.0 Å². The van der Waals surface area contributed by atoms with Gasteiger partial charge in [-0.2, -0.15) is 0 Å². The van der Waals surface area contributed by atoms with Crippen LogP contribution in [0.15, 0.2) is 4.99 Å². The Labute approximate surface area is 162 Å². The summed E-state index contributed by atoms with van der Waals surface area (Å²) >= 11 is 0. The zero-order chi connectivity index (χ0) is 15.9. The third-order valence-electron chi connectivity index (χ3n) is 6.65. The SMILES string of the molecule is CCOC1CC(NC(=NC)NC2CC3CCC2O3)C12CCCC2.I. The van der Waals surface area contributed by atoms with Gasteiger partial charge in [0.15, 0.2) is 5.96 Å². The van der Waals surface area contributed by atoms with Crippen LogP contribution in [0.25, 0.3) is 0 Å². The van der Waals surface area contributed by atoms with Crippen molar-refractivity contribution in [3.8, 4) is 0 Å². The monoisotopic (exact) mass is 449 g/mol. The van der Waals surface area contributed by atoms with E-state index in [4.69, 9.17) is 9.47 Å². The zero-order valence-corrected chi connectivity index (χ0v) is 17.3. The van der Waals surface area contributed by atoms with E-state index in [2.05, 4.69) is 22.5 Å². The van der Waals surface area contributed by atoms with Gasteiger partial charge in [-0.05, 0) is 45.4 Å². The Morgan fingerprint density at radius 1 is 1.21 bits per heavy atom. The highest BCUT2D eigenvalue weighted by atomic mass is 127. The molecular weight excluding hydrogens is 417 g/mol. The molecule has 0 amide bonds. The summed E-state index contributed by atoms with van der Waals surface area (Å²) in [7, 11) is 1.88. The van der Waals surface area contributed by atoms with Crippen molar-refractivity contribution in [2.24, 2.45) is 10.4 Å². The molecule has 4 aliphatic rings. The van der Waals surface area contributed by atoms with E-state index in [0.717, 1.165) is 25.4 Å². The van der Waals surface area contributed by atoms with Crippen molar-refractivity contribution in [2.75, 3.05) is 13.7 Å². The van der Waals surface area contributed by atoms with Crippen LogP contribution in [-0.2, 0) is 9.47 Å². The summed E-state index contributed by atoms with van der Waals surface area (Å²) in [6.45, 7) is 2.94. The molecule has 5 unspecified atom stereocenters. The first-order chi connectivity index (χ1) is 11.2. The summed E-state index contributed by atoms with van der Waals surface area (Å²) in [4.78, 5) is 4.48. The maximum absolute atomic E-state index is 6.01. The lowest BCUT2D eigenvalue weighted by molar-refractivity contribution is -0.125. The predicted molar refractivity (Wildman–Crippen MR) is 106 cm³/mol. The molecule has 2 heterocycles. The Hall–Kier alpha value is -0.0800. The van der Waals surface area contributed by atoms with E-state index >= 15 is 0 Å². The van der Waals surface area contributed by atoms with E-state index in [1.54, 1.807) is 0 Å². The highest BCUT2D eigenvalue weighted by Gasteiger charge is 2.57. The van der Waals surface area contributed by atoms with Gasteiger partial charge in [-0.15, -0.1) is 24.0 Å². The van der Waals surface area contributed by atoms with Crippen LogP contribution in [-0.4, -0.2) is 50.0 Å². The molecule has 5 nitrogen and oxygen atoms in total. The molecule has 2 saturated carbocycles. The number of halogens is 1. The second kappa shape index (κ2) is 7.66. The number of nitrogens with zero attached hydrogens (tertiary/aromatic N) is 1. The van der Waals surface area contributed by atoms with Gasteiger partial charge in [-0.1, -0.05) is 12.8 Å². The Morgan fingerprint density at radius 2 is 2.00 bits per heavy atom. The molecule has 2 aliphatic heterocycles. The van der Waals surface area contributed by atoms with Crippen molar-refractivity contribution in [3.63, 3.8) is 0 Å². The summed E-state index contributed by atoms with van der Waals surface area (Å²) in [5.41, 5.74) is 0.346. The molecule has 1 spiro atoms. The molecule has 5 atom stereocenters. The average molecular weight is 449 g/mol. The standard InChI is InChI=1S/C18H31N3O2.HI/c1-3-22-16-11-15(18(16)8-4-5-9-18)21-17(19-2)20-13-10-12-6-7-14(13)23-12;/h12-16H,3-11H2,1-2H3,(H2,19,20,21);1H. The maximum Gasteiger partial charge on any atom is 0.191 e. The van der Waals surface area contributed by atoms with Crippen LogP contribution in [0.2, 0.25) is 0 Å². The fraction of sp³-hybridized carbons (Fsp3) is 0.944. The smallest absolute Gasteiger partial charge is 0.191 e. The molecule has 0 aromatic heterocycles. The van der Waals surface area contributed by atoms with Crippen molar-refractivity contribution in [2.45, 2.75) is 88.7 Å². The van der Waals surface area contributed by atoms with E-state index in [-0.39, 0.29) is 24.0 Å². The summed E-state index contributed by atoms with van der Waals surface area (Å²) in [5.74, 6) is 0.956. The fourth-order valence-corrected chi connectivity index (χ4v) is 5.39. The lowest BCUT2D eigenvalue weighted by Crippen LogP contribution is -2.65. The molecule has 0 aromatic rings. The topological polar surface area (TPSA) is 54.9 Å². The predicted octanol–water partition coefficient (Wildman–Crippen LogP) is 2.83. The molecule has 138 valence electrons. The molecule has 2 N–H and O–H groups in total. The number of hydrogen-bond donors (Lipinski definition) is 2. The molecule has 2 saturated heterocycles. The summed E-state index contributed by atoms with van der Waals surface area (Å²) < 4.78 is 12.0. The second-order valence-electron chi connectivity index (χ2n) is 7.75. The van der Waals surface area contributed by atoms with Crippen molar-refractivity contribution in [3.05, 3.63) is 0 Å². The van der Waals surface area contributed by atoms with E-state index < -0.39 is 0 Å². The molecule has 4 rings (SSSR count). The molecule has 0 aromatic carbocycles. The lowest BCUT2D eigenvalue weighted by Gasteiger charge is -2.54. The summed E-state index contributed by atoms with van der Waals surface area (Å²) in [5, 5.41) is 7.34. The normalized spacial score (nSPS) is 39.6. The third kappa shape index (κ3) is 3.18. The van der Waals surface area contributed by atoms with E-state index in [1.807, 2.05) is 7.05 Å². The van der Waals surface area contributed by atoms with Gasteiger partial charge >= 0.3 is 0 Å². The van der Waals surface area contributed by atoms with Crippen LogP contribution in [0.4, 0.5) is 0 Å². The number of guanidine groups is 1. The Morgan fingerprint density at radius 3 is 2.58 bits per heavy atom. The minimum absolute atomic E-state index is 0. The van der Waals surface area contributed by atoms with E-state index in [0.29, 0.717) is 35.8 Å². The first-order valence-corrected chi connectivity index (χ1v) is 9.52. The van der Waals surface area contributed by atoms with Gasteiger partial charge in [0.2, 0.25) is 0 Å². The summed E-state index contributed by atoms with van der Waals surface area (Å²) in [6, 6.07) is 0.939. The van der Waals surface area contributed by atoms with Gasteiger partial charge < -0.3 is 20.1 Å². The second-order valence-corrected chi connectivity index (χ2v) is 7.75. The maximum atomic E-state index is 6.01. The van der Waals surface area contributed by atoms with Crippen molar-refractivity contribution >= 4 is 29.9 Å². The number of fused-ring (bicyclic) bond motifs is 2. The van der Waals surface area contributed by atoms with Crippen LogP contribution < -0.4 is 10.6 Å². The van der Waals surface area contributed by atoms with Crippen LogP contribution in [0.5, 0.6) is 0 Å². The van der Waals surface area contributed by atoms with Crippen molar-refractivity contribution < 1.29 is 9.47 Å². The number of hydrogen-bond acceptors (Lipinski definition) is 3. The Kier molecular flexibility index (Phi) is 5.97.